The van der Waals surface area contributed by atoms with Gasteiger partial charge in [-0.2, -0.15) is 4.31 Å². The van der Waals surface area contributed by atoms with E-state index in [1.807, 2.05) is 0 Å². The molecule has 3 heterocycles. The number of nitrogens with zero attached hydrogens (tertiary/aromatic N) is 4. The Bertz CT molecular complexity index is 1850. The molecule has 2 aromatic carbocycles. The molecule has 2 aliphatic heterocycles. The molecule has 0 bridgehead atoms. The fraction of sp³-hybridized carbons (Fsp3) is 0.379. The first-order valence-electron chi connectivity index (χ1n) is 13.7. The van der Waals surface area contributed by atoms with E-state index in [2.05, 4.69) is 21.2 Å². The maximum atomic E-state index is 13.9. The maximum absolute atomic E-state index is 13.9. The van der Waals surface area contributed by atoms with E-state index in [0.717, 1.165) is 4.57 Å². The zero-order valence-corrected chi connectivity index (χ0v) is 26.9. The molecule has 2 atom stereocenters. The molecule has 1 aromatic heterocycles. The minimum atomic E-state index is -4.10. The van der Waals surface area contributed by atoms with Gasteiger partial charge in [-0.25, -0.2) is 41.5 Å². The highest BCUT2D eigenvalue weighted by molar-refractivity contribution is 9.10. The van der Waals surface area contributed by atoms with Crippen molar-refractivity contribution in [3.8, 4) is 0 Å². The molecule has 1 saturated heterocycles. The number of esters is 1. The smallest absolute Gasteiger partial charge is 0.408 e. The summed E-state index contributed by atoms with van der Waals surface area (Å²) in [7, 11) is -2.77. The van der Waals surface area contributed by atoms with E-state index in [1.165, 1.54) is 32.8 Å². The monoisotopic (exact) mass is 689 g/mol. The van der Waals surface area contributed by atoms with Crippen LogP contribution in [0.5, 0.6) is 0 Å². The quantitative estimate of drug-likeness (QED) is 0.306. The summed E-state index contributed by atoms with van der Waals surface area (Å²) in [5.74, 6) is -0.614. The molecule has 1 N–H and O–H groups in total. The molecule has 234 valence electrons. The van der Waals surface area contributed by atoms with Crippen LogP contribution in [0, 0.1) is 0 Å². The summed E-state index contributed by atoms with van der Waals surface area (Å²) in [6.07, 6.45) is -0.828. The van der Waals surface area contributed by atoms with Gasteiger partial charge in [0.2, 0.25) is 10.0 Å². The highest BCUT2D eigenvalue weighted by Gasteiger charge is 2.45. The molecule has 3 aromatic rings. The molecule has 1 fully saturated rings. The van der Waals surface area contributed by atoms with Crippen molar-refractivity contribution >= 4 is 38.0 Å². The molecule has 0 spiro atoms. The van der Waals surface area contributed by atoms with Gasteiger partial charge in [-0.05, 0) is 68.3 Å². The minimum absolute atomic E-state index is 0.0254. The van der Waals surface area contributed by atoms with Gasteiger partial charge in [-0.15, -0.1) is 0 Å². The number of ether oxygens (including phenoxy) is 2. The third-order valence-corrected chi connectivity index (χ3v) is 9.69. The molecule has 0 unspecified atom stereocenters. The van der Waals surface area contributed by atoms with E-state index in [9.17, 15) is 27.6 Å². The van der Waals surface area contributed by atoms with Crippen LogP contribution in [-0.4, -0.2) is 70.1 Å². The van der Waals surface area contributed by atoms with Gasteiger partial charge >= 0.3 is 23.4 Å². The Hall–Kier alpha value is -3.95. The van der Waals surface area contributed by atoms with Crippen LogP contribution in [0.4, 0.5) is 4.79 Å². The Kier molecular flexibility index (Phi) is 8.48. The summed E-state index contributed by atoms with van der Waals surface area (Å²) in [5.41, 5.74) is -0.952. The van der Waals surface area contributed by atoms with Gasteiger partial charge < -0.3 is 14.8 Å². The largest absolute Gasteiger partial charge is 0.457 e. The zero-order chi connectivity index (χ0) is 32.0. The minimum Gasteiger partial charge on any atom is -0.457 e. The van der Waals surface area contributed by atoms with E-state index in [0.29, 0.717) is 21.2 Å². The highest BCUT2D eigenvalue weighted by atomic mass is 79.9. The van der Waals surface area contributed by atoms with Crippen LogP contribution < -0.4 is 16.7 Å². The lowest BCUT2D eigenvalue weighted by molar-refractivity contribution is 0.0466. The topological polar surface area (TPSA) is 151 Å². The lowest BCUT2D eigenvalue weighted by atomic mass is 9.90. The first kappa shape index (κ1) is 31.5. The summed E-state index contributed by atoms with van der Waals surface area (Å²) in [4.78, 5) is 52.4. The van der Waals surface area contributed by atoms with Gasteiger partial charge in [0.15, 0.2) is 0 Å². The van der Waals surface area contributed by atoms with Crippen molar-refractivity contribution in [2.45, 2.75) is 49.9 Å². The summed E-state index contributed by atoms with van der Waals surface area (Å²) in [6, 6.07) is 12.4. The number of halogens is 1. The van der Waals surface area contributed by atoms with Gasteiger partial charge in [-0.1, -0.05) is 34.1 Å². The fourth-order valence-corrected chi connectivity index (χ4v) is 7.03. The molecular weight excluding hydrogens is 658 g/mol. The average Bonchev–Trinajstić information content (AvgIpc) is 3.18. The lowest BCUT2D eigenvalue weighted by Gasteiger charge is -2.43. The third kappa shape index (κ3) is 6.16. The molecule has 0 aliphatic carbocycles. The molecule has 2 aliphatic rings. The summed E-state index contributed by atoms with van der Waals surface area (Å²) in [5, 5.41) is 2.74. The standard InChI is InChI=1S/C29H32BrN5O8S/c1-29(2,3)43-26(37)31-23-16-33(44(40,41)21-12-10-20(30)11-13-21)15-22-19(17-42-25(36)18-8-6-5-7-9-18)14-34-27(38)32(4)28(39)35(34)24(22)23/h5-13,23-24H,14-17H2,1-4H3,(H,31,37)/t23-,24+/m0/s1. The number of amides is 1. The molecule has 0 saturated carbocycles. The second-order valence-corrected chi connectivity index (χ2v) is 14.4. The van der Waals surface area contributed by atoms with Gasteiger partial charge in [0.25, 0.3) is 0 Å². The van der Waals surface area contributed by atoms with E-state index in [-0.39, 0.29) is 31.1 Å². The molecule has 15 heteroatoms. The number of hydrogen-bond donors (Lipinski definition) is 1. The van der Waals surface area contributed by atoms with E-state index in [1.54, 1.807) is 63.2 Å². The average molecular weight is 691 g/mol. The van der Waals surface area contributed by atoms with Gasteiger partial charge in [0, 0.05) is 24.6 Å². The first-order chi connectivity index (χ1) is 20.7. The number of benzene rings is 2. The van der Waals surface area contributed by atoms with E-state index in [4.69, 9.17) is 9.47 Å². The number of alkyl carbamates (subject to hydrolysis) is 1. The molecule has 13 nitrogen and oxygen atoms in total. The fourth-order valence-electron chi connectivity index (χ4n) is 5.32. The number of sulfonamides is 1. The molecule has 5 rings (SSSR count). The summed E-state index contributed by atoms with van der Waals surface area (Å²) in [6.45, 7) is 4.23. The predicted octanol–water partition coefficient (Wildman–Crippen LogP) is 2.42. The van der Waals surface area contributed by atoms with Crippen LogP contribution >= 0.6 is 15.9 Å². The van der Waals surface area contributed by atoms with Crippen molar-refractivity contribution in [2.24, 2.45) is 7.05 Å². The van der Waals surface area contributed by atoms with E-state index >= 15 is 0 Å². The predicted molar refractivity (Wildman–Crippen MR) is 163 cm³/mol. The summed E-state index contributed by atoms with van der Waals surface area (Å²) >= 11 is 3.32. The number of piperidine rings is 1. The van der Waals surface area contributed by atoms with Crippen molar-refractivity contribution in [2.75, 3.05) is 19.7 Å². The molecular formula is C29H32BrN5O8S. The Morgan fingerprint density at radius 3 is 2.30 bits per heavy atom. The first-order valence-corrected chi connectivity index (χ1v) is 16.0. The second-order valence-electron chi connectivity index (χ2n) is 11.5. The molecule has 1 amide bonds. The number of aromatic nitrogens is 3. The van der Waals surface area contributed by atoms with Crippen molar-refractivity contribution in [1.82, 2.24) is 23.6 Å². The Morgan fingerprint density at radius 1 is 1.00 bits per heavy atom. The van der Waals surface area contributed by atoms with Crippen LogP contribution in [-0.2, 0) is 33.1 Å². The van der Waals surface area contributed by atoms with Gasteiger partial charge in [-0.3, -0.25) is 0 Å². The Labute approximate surface area is 261 Å². The van der Waals surface area contributed by atoms with Crippen molar-refractivity contribution in [3.05, 3.63) is 96.7 Å². The van der Waals surface area contributed by atoms with Crippen molar-refractivity contribution < 1.29 is 27.5 Å². The van der Waals surface area contributed by atoms with E-state index < -0.39 is 51.2 Å². The number of hydrogen-bond acceptors (Lipinski definition) is 8. The van der Waals surface area contributed by atoms with Crippen LogP contribution in [0.2, 0.25) is 0 Å². The number of rotatable bonds is 6. The van der Waals surface area contributed by atoms with Gasteiger partial charge in [0.05, 0.1) is 29.1 Å². The number of fused-ring (bicyclic) bond motifs is 3. The third-order valence-electron chi connectivity index (χ3n) is 7.33. The number of carbonyl (C=O) groups excluding carboxylic acids is 2. The number of carbonyl (C=O) groups is 2. The van der Waals surface area contributed by atoms with Crippen LogP contribution in [0.15, 0.2) is 84.7 Å². The van der Waals surface area contributed by atoms with Crippen LogP contribution in [0.25, 0.3) is 0 Å². The number of nitrogens with one attached hydrogen (secondary N) is 1. The zero-order valence-electron chi connectivity index (χ0n) is 24.5. The molecule has 44 heavy (non-hydrogen) atoms. The SMILES string of the molecule is Cn1c(=O)n2n(c1=O)[C@@H]1C(=C(COC(=O)c3ccccc3)C2)CN(S(=O)(=O)c2ccc(Br)cc2)C[C@@H]1NC(=O)OC(C)(C)C. The van der Waals surface area contributed by atoms with Crippen LogP contribution in [0.3, 0.4) is 0 Å². The second kappa shape index (κ2) is 11.9. The maximum Gasteiger partial charge on any atom is 0.408 e. The van der Waals surface area contributed by atoms with Crippen molar-refractivity contribution in [1.29, 1.82) is 0 Å². The highest BCUT2D eigenvalue weighted by Crippen LogP contribution is 2.36. The Balaban J connectivity index is 1.61. The summed E-state index contributed by atoms with van der Waals surface area (Å²) < 4.78 is 44.1. The van der Waals surface area contributed by atoms with Crippen LogP contribution in [0.1, 0.15) is 37.2 Å². The van der Waals surface area contributed by atoms with Crippen molar-refractivity contribution in [3.63, 3.8) is 0 Å². The van der Waals surface area contributed by atoms with Gasteiger partial charge in [0.1, 0.15) is 12.2 Å². The normalized spacial score (nSPS) is 18.8. The Morgan fingerprint density at radius 2 is 1.66 bits per heavy atom. The molecule has 0 radical (unpaired) electrons. The lowest BCUT2D eigenvalue weighted by Crippen LogP contribution is -2.59.